The van der Waals surface area contributed by atoms with E-state index in [0.29, 0.717) is 22.3 Å². The van der Waals surface area contributed by atoms with Crippen molar-refractivity contribution in [1.82, 2.24) is 15.5 Å². The number of amides is 1. The fraction of sp³-hybridized carbons (Fsp3) is 0.167. The molecule has 0 spiro atoms. The molecule has 0 radical (unpaired) electrons. The van der Waals surface area contributed by atoms with Gasteiger partial charge in [-0.25, -0.2) is 0 Å². The van der Waals surface area contributed by atoms with Crippen molar-refractivity contribution in [2.75, 3.05) is 0 Å². The molecule has 3 aromatic rings. The number of benzene rings is 2. The lowest BCUT2D eigenvalue weighted by molar-refractivity contribution is 0.0932. The predicted octanol–water partition coefficient (Wildman–Crippen LogP) is 4.19. The maximum absolute atomic E-state index is 12.2. The van der Waals surface area contributed by atoms with E-state index in [1.165, 1.54) is 0 Å². The van der Waals surface area contributed by atoms with Gasteiger partial charge in [0, 0.05) is 16.1 Å². The number of carbonyl (C=O) groups excluding carboxylic acids is 1. The van der Waals surface area contributed by atoms with E-state index in [0.717, 1.165) is 11.1 Å². The molecular formula is C18H16ClN3O2. The number of aromatic nitrogens is 2. The number of aryl methyl sites for hydroxylation is 1. The lowest BCUT2D eigenvalue weighted by atomic mass is 10.1. The highest BCUT2D eigenvalue weighted by Crippen LogP contribution is 2.20. The fourth-order valence-electron chi connectivity index (χ4n) is 2.28. The van der Waals surface area contributed by atoms with Gasteiger partial charge in [-0.05, 0) is 38.1 Å². The highest BCUT2D eigenvalue weighted by molar-refractivity contribution is 6.30. The molecule has 0 unspecified atom stereocenters. The number of rotatable bonds is 4. The van der Waals surface area contributed by atoms with E-state index in [1.54, 1.807) is 31.2 Å². The molecule has 122 valence electrons. The minimum atomic E-state index is -0.414. The van der Waals surface area contributed by atoms with Gasteiger partial charge in [0.05, 0.1) is 0 Å². The fourth-order valence-corrected chi connectivity index (χ4v) is 2.47. The van der Waals surface area contributed by atoms with Crippen LogP contribution in [-0.2, 0) is 0 Å². The van der Waals surface area contributed by atoms with Crippen LogP contribution in [0.3, 0.4) is 0 Å². The van der Waals surface area contributed by atoms with Crippen LogP contribution in [0.25, 0.3) is 11.4 Å². The van der Waals surface area contributed by atoms with Crippen molar-refractivity contribution in [2.24, 2.45) is 0 Å². The zero-order valence-corrected chi connectivity index (χ0v) is 14.0. The van der Waals surface area contributed by atoms with E-state index in [9.17, 15) is 4.79 Å². The summed E-state index contributed by atoms with van der Waals surface area (Å²) in [6.07, 6.45) is 0. The normalized spacial score (nSPS) is 12.0. The van der Waals surface area contributed by atoms with Gasteiger partial charge in [0.1, 0.15) is 6.04 Å². The first kappa shape index (κ1) is 16.2. The second-order valence-electron chi connectivity index (χ2n) is 5.53. The Morgan fingerprint density at radius 3 is 2.75 bits per heavy atom. The zero-order chi connectivity index (χ0) is 17.1. The maximum atomic E-state index is 12.2. The minimum Gasteiger partial charge on any atom is -0.341 e. The molecule has 0 bridgehead atoms. The quantitative estimate of drug-likeness (QED) is 0.772. The average molecular weight is 342 g/mol. The Balaban J connectivity index is 1.74. The topological polar surface area (TPSA) is 68.0 Å². The van der Waals surface area contributed by atoms with Crippen molar-refractivity contribution in [2.45, 2.75) is 19.9 Å². The van der Waals surface area contributed by atoms with Crippen molar-refractivity contribution >= 4 is 17.5 Å². The van der Waals surface area contributed by atoms with Gasteiger partial charge >= 0.3 is 0 Å². The molecule has 0 aliphatic heterocycles. The summed E-state index contributed by atoms with van der Waals surface area (Å²) < 4.78 is 5.28. The van der Waals surface area contributed by atoms with Crippen LogP contribution in [0.1, 0.15) is 34.8 Å². The largest absolute Gasteiger partial charge is 0.341 e. The molecule has 1 N–H and O–H groups in total. The minimum absolute atomic E-state index is 0.250. The molecule has 0 saturated carbocycles. The van der Waals surface area contributed by atoms with Crippen LogP contribution in [0, 0.1) is 6.92 Å². The van der Waals surface area contributed by atoms with E-state index in [-0.39, 0.29) is 5.91 Å². The monoisotopic (exact) mass is 341 g/mol. The molecule has 1 atom stereocenters. The molecule has 1 aromatic heterocycles. The summed E-state index contributed by atoms with van der Waals surface area (Å²) in [7, 11) is 0. The molecule has 6 heteroatoms. The summed E-state index contributed by atoms with van der Waals surface area (Å²) >= 11 is 5.91. The molecule has 5 nitrogen and oxygen atoms in total. The Hall–Kier alpha value is -2.66. The smallest absolute Gasteiger partial charge is 0.251 e. The van der Waals surface area contributed by atoms with Crippen LogP contribution < -0.4 is 5.32 Å². The lowest BCUT2D eigenvalue weighted by Crippen LogP contribution is -2.26. The lowest BCUT2D eigenvalue weighted by Gasteiger charge is -2.09. The Labute approximate surface area is 144 Å². The number of halogens is 1. The summed E-state index contributed by atoms with van der Waals surface area (Å²) in [4.78, 5) is 16.6. The first-order valence-electron chi connectivity index (χ1n) is 7.50. The molecular weight excluding hydrogens is 326 g/mol. The summed E-state index contributed by atoms with van der Waals surface area (Å²) in [6, 6.07) is 14.2. The summed E-state index contributed by atoms with van der Waals surface area (Å²) in [6.45, 7) is 3.79. The predicted molar refractivity (Wildman–Crippen MR) is 91.8 cm³/mol. The zero-order valence-electron chi connectivity index (χ0n) is 13.3. The Bertz CT molecular complexity index is 876. The number of hydrogen-bond acceptors (Lipinski definition) is 4. The van der Waals surface area contributed by atoms with Gasteiger partial charge in [-0.3, -0.25) is 4.79 Å². The SMILES string of the molecule is Cc1cccc(-c2noc([C@@H](C)NC(=O)c3cccc(Cl)c3)n2)c1. The summed E-state index contributed by atoms with van der Waals surface area (Å²) in [5, 5.41) is 7.32. The third kappa shape index (κ3) is 3.63. The molecule has 0 saturated heterocycles. The third-order valence-electron chi connectivity index (χ3n) is 3.52. The highest BCUT2D eigenvalue weighted by Gasteiger charge is 2.18. The molecule has 1 heterocycles. The van der Waals surface area contributed by atoms with Crippen molar-refractivity contribution in [3.8, 4) is 11.4 Å². The summed E-state index contributed by atoms with van der Waals surface area (Å²) in [5.41, 5.74) is 2.47. The molecule has 3 rings (SSSR count). The number of hydrogen-bond donors (Lipinski definition) is 1. The van der Waals surface area contributed by atoms with Crippen LogP contribution in [0.4, 0.5) is 0 Å². The van der Waals surface area contributed by atoms with Crippen molar-refractivity contribution in [3.05, 3.63) is 70.6 Å². The average Bonchev–Trinajstić information content (AvgIpc) is 3.05. The number of carbonyl (C=O) groups is 1. The van der Waals surface area contributed by atoms with E-state index in [1.807, 2.05) is 31.2 Å². The number of nitrogens with zero attached hydrogens (tertiary/aromatic N) is 2. The first-order chi connectivity index (χ1) is 11.5. The van der Waals surface area contributed by atoms with Gasteiger partial charge < -0.3 is 9.84 Å². The van der Waals surface area contributed by atoms with Crippen molar-refractivity contribution in [1.29, 1.82) is 0 Å². The van der Waals surface area contributed by atoms with E-state index in [4.69, 9.17) is 16.1 Å². The van der Waals surface area contributed by atoms with Gasteiger partial charge in [0.2, 0.25) is 11.7 Å². The van der Waals surface area contributed by atoms with Crippen LogP contribution in [-0.4, -0.2) is 16.0 Å². The maximum Gasteiger partial charge on any atom is 0.251 e. The van der Waals surface area contributed by atoms with Crippen LogP contribution in [0.15, 0.2) is 53.1 Å². The summed E-state index contributed by atoms with van der Waals surface area (Å²) in [5.74, 6) is 0.597. The number of nitrogens with one attached hydrogen (secondary N) is 1. The molecule has 2 aromatic carbocycles. The Morgan fingerprint density at radius 1 is 1.21 bits per heavy atom. The second-order valence-corrected chi connectivity index (χ2v) is 5.97. The van der Waals surface area contributed by atoms with E-state index < -0.39 is 6.04 Å². The molecule has 0 fully saturated rings. The van der Waals surface area contributed by atoms with Gasteiger partial charge in [-0.1, -0.05) is 46.6 Å². The molecule has 1 amide bonds. The standard InChI is InChI=1S/C18H16ClN3O2/c1-11-5-3-6-13(9-11)16-21-18(24-22-16)12(2)20-17(23)14-7-4-8-15(19)10-14/h3-10,12H,1-2H3,(H,20,23)/t12-/m1/s1. The third-order valence-corrected chi connectivity index (χ3v) is 3.76. The van der Waals surface area contributed by atoms with Gasteiger partial charge in [-0.15, -0.1) is 0 Å². The molecule has 0 aliphatic rings. The molecule has 0 aliphatic carbocycles. The second kappa shape index (κ2) is 6.84. The highest BCUT2D eigenvalue weighted by atomic mass is 35.5. The van der Waals surface area contributed by atoms with Crippen molar-refractivity contribution < 1.29 is 9.32 Å². The van der Waals surface area contributed by atoms with Gasteiger partial charge in [-0.2, -0.15) is 4.98 Å². The van der Waals surface area contributed by atoms with Crippen LogP contribution in [0.2, 0.25) is 5.02 Å². The Kier molecular flexibility index (Phi) is 4.62. The van der Waals surface area contributed by atoms with Crippen molar-refractivity contribution in [3.63, 3.8) is 0 Å². The molecule has 24 heavy (non-hydrogen) atoms. The van der Waals surface area contributed by atoms with Crippen LogP contribution in [0.5, 0.6) is 0 Å². The van der Waals surface area contributed by atoms with Gasteiger partial charge in [0.25, 0.3) is 5.91 Å². The van der Waals surface area contributed by atoms with E-state index >= 15 is 0 Å². The Morgan fingerprint density at radius 2 is 2.00 bits per heavy atom. The van der Waals surface area contributed by atoms with E-state index in [2.05, 4.69) is 15.5 Å². The van der Waals surface area contributed by atoms with Gasteiger partial charge in [0.15, 0.2) is 0 Å². The first-order valence-corrected chi connectivity index (χ1v) is 7.88. The van der Waals surface area contributed by atoms with Crippen LogP contribution >= 0.6 is 11.6 Å².